The third kappa shape index (κ3) is 1.66. The lowest BCUT2D eigenvalue weighted by molar-refractivity contribution is 1.35. The number of hydrogen-bond donors (Lipinski definition) is 0. The summed E-state index contributed by atoms with van der Waals surface area (Å²) in [4.78, 5) is 4.03. The van der Waals surface area contributed by atoms with Crippen LogP contribution in [-0.4, -0.2) is 4.98 Å². The van der Waals surface area contributed by atoms with Gasteiger partial charge in [-0.2, -0.15) is 0 Å². The van der Waals surface area contributed by atoms with Crippen molar-refractivity contribution in [2.45, 2.75) is 0 Å². The fraction of sp³-hybridized carbons (Fsp3) is 0. The normalized spacial score (nSPS) is 10.7. The summed E-state index contributed by atoms with van der Waals surface area (Å²) >= 11 is 15.3. The molecule has 0 aliphatic carbocycles. The van der Waals surface area contributed by atoms with E-state index in [0.717, 1.165) is 15.2 Å². The largest absolute Gasteiger partial charge is 0.263 e. The Balaban J connectivity index is 2.94. The summed E-state index contributed by atoms with van der Waals surface area (Å²) < 4.78 is 0.881. The molecular weight excluding hydrogens is 273 g/mol. The van der Waals surface area contributed by atoms with E-state index in [1.807, 2.05) is 6.07 Å². The molecule has 0 radical (unpaired) electrons. The molecule has 0 spiro atoms. The van der Waals surface area contributed by atoms with Gasteiger partial charge in [-0.3, -0.25) is 4.98 Å². The highest BCUT2D eigenvalue weighted by molar-refractivity contribution is 9.10. The zero-order chi connectivity index (χ0) is 9.42. The Hall–Kier alpha value is -0.310. The Kier molecular flexibility index (Phi) is 2.45. The van der Waals surface area contributed by atoms with Gasteiger partial charge in [0.05, 0.1) is 5.02 Å². The van der Waals surface area contributed by atoms with Crippen molar-refractivity contribution >= 4 is 49.9 Å². The van der Waals surface area contributed by atoms with Gasteiger partial charge in [0.25, 0.3) is 0 Å². The van der Waals surface area contributed by atoms with E-state index in [4.69, 9.17) is 23.2 Å². The summed E-state index contributed by atoms with van der Waals surface area (Å²) in [5, 5.41) is 3.14. The van der Waals surface area contributed by atoms with E-state index >= 15 is 0 Å². The van der Waals surface area contributed by atoms with Gasteiger partial charge in [0.15, 0.2) is 0 Å². The Bertz CT molecular complexity index is 470. The SMILES string of the molecule is Clc1cc(Cl)c2c(Br)cncc2c1. The lowest BCUT2D eigenvalue weighted by atomic mass is 10.2. The summed E-state index contributed by atoms with van der Waals surface area (Å²) in [6.45, 7) is 0. The van der Waals surface area contributed by atoms with E-state index in [1.165, 1.54) is 0 Å². The molecule has 0 bridgehead atoms. The summed E-state index contributed by atoms with van der Waals surface area (Å²) in [6.07, 6.45) is 3.44. The molecule has 1 aromatic heterocycles. The van der Waals surface area contributed by atoms with Crippen molar-refractivity contribution in [3.63, 3.8) is 0 Å². The Morgan fingerprint density at radius 3 is 2.69 bits per heavy atom. The highest BCUT2D eigenvalue weighted by atomic mass is 79.9. The monoisotopic (exact) mass is 275 g/mol. The van der Waals surface area contributed by atoms with Gasteiger partial charge in [-0.1, -0.05) is 23.2 Å². The molecule has 1 heterocycles. The topological polar surface area (TPSA) is 12.9 Å². The van der Waals surface area contributed by atoms with Crippen molar-refractivity contribution in [1.82, 2.24) is 4.98 Å². The van der Waals surface area contributed by atoms with Gasteiger partial charge in [0.2, 0.25) is 0 Å². The predicted molar refractivity (Wildman–Crippen MR) is 59.5 cm³/mol. The molecule has 0 aliphatic rings. The molecule has 13 heavy (non-hydrogen) atoms. The number of benzene rings is 1. The van der Waals surface area contributed by atoms with E-state index in [1.54, 1.807) is 18.5 Å². The van der Waals surface area contributed by atoms with Crippen LogP contribution in [0.5, 0.6) is 0 Å². The number of rotatable bonds is 0. The molecule has 66 valence electrons. The van der Waals surface area contributed by atoms with Gasteiger partial charge in [-0.25, -0.2) is 0 Å². The fourth-order valence-corrected chi connectivity index (χ4v) is 2.48. The molecule has 0 aliphatic heterocycles. The third-order valence-electron chi connectivity index (χ3n) is 1.73. The van der Waals surface area contributed by atoms with E-state index in [2.05, 4.69) is 20.9 Å². The van der Waals surface area contributed by atoms with Gasteiger partial charge in [0.1, 0.15) is 0 Å². The maximum absolute atomic E-state index is 6.03. The van der Waals surface area contributed by atoms with Gasteiger partial charge in [-0.15, -0.1) is 0 Å². The number of nitrogens with zero attached hydrogens (tertiary/aromatic N) is 1. The second-order valence-corrected chi connectivity index (χ2v) is 4.31. The molecular formula is C9H4BrCl2N. The number of halogens is 3. The Labute approximate surface area is 93.8 Å². The number of hydrogen-bond acceptors (Lipinski definition) is 1. The molecule has 0 fully saturated rings. The van der Waals surface area contributed by atoms with Crippen molar-refractivity contribution < 1.29 is 0 Å². The number of pyridine rings is 1. The number of fused-ring (bicyclic) bond motifs is 1. The second kappa shape index (κ2) is 3.45. The van der Waals surface area contributed by atoms with Gasteiger partial charge < -0.3 is 0 Å². The Morgan fingerprint density at radius 2 is 1.92 bits per heavy atom. The van der Waals surface area contributed by atoms with Gasteiger partial charge in [-0.05, 0) is 28.1 Å². The highest BCUT2D eigenvalue weighted by Gasteiger charge is 2.04. The first-order valence-corrected chi connectivity index (χ1v) is 5.11. The lowest BCUT2D eigenvalue weighted by Crippen LogP contribution is -1.79. The average molecular weight is 277 g/mol. The zero-order valence-electron chi connectivity index (χ0n) is 6.39. The van der Waals surface area contributed by atoms with Crippen LogP contribution >= 0.6 is 39.1 Å². The minimum absolute atomic E-state index is 0.623. The minimum Gasteiger partial charge on any atom is -0.263 e. The summed E-state index contributed by atoms with van der Waals surface area (Å²) in [5.41, 5.74) is 0. The zero-order valence-corrected chi connectivity index (χ0v) is 9.49. The number of aromatic nitrogens is 1. The molecule has 2 aromatic rings. The average Bonchev–Trinajstić information content (AvgIpc) is 2.02. The smallest absolute Gasteiger partial charge is 0.0511 e. The van der Waals surface area contributed by atoms with Crippen LogP contribution in [0, 0.1) is 0 Å². The van der Waals surface area contributed by atoms with Crippen molar-refractivity contribution in [2.24, 2.45) is 0 Å². The summed E-state index contributed by atoms with van der Waals surface area (Å²) in [6, 6.07) is 3.55. The van der Waals surface area contributed by atoms with Crippen molar-refractivity contribution in [1.29, 1.82) is 0 Å². The van der Waals surface area contributed by atoms with Crippen molar-refractivity contribution in [2.75, 3.05) is 0 Å². The maximum Gasteiger partial charge on any atom is 0.0511 e. The summed E-state index contributed by atoms with van der Waals surface area (Å²) in [7, 11) is 0. The van der Waals surface area contributed by atoms with Crippen LogP contribution in [0.2, 0.25) is 10.0 Å². The van der Waals surface area contributed by atoms with Crippen LogP contribution in [0.15, 0.2) is 29.0 Å². The van der Waals surface area contributed by atoms with Crippen molar-refractivity contribution in [3.8, 4) is 0 Å². The van der Waals surface area contributed by atoms with E-state index in [0.29, 0.717) is 10.0 Å². The van der Waals surface area contributed by atoms with Gasteiger partial charge >= 0.3 is 0 Å². The lowest BCUT2D eigenvalue weighted by Gasteiger charge is -2.02. The molecule has 0 unspecified atom stereocenters. The maximum atomic E-state index is 6.03. The molecule has 0 amide bonds. The molecule has 0 N–H and O–H groups in total. The highest BCUT2D eigenvalue weighted by Crippen LogP contribution is 2.32. The molecule has 2 rings (SSSR count). The molecule has 0 saturated carbocycles. The summed E-state index contributed by atoms with van der Waals surface area (Å²) in [5.74, 6) is 0. The van der Waals surface area contributed by atoms with Crippen LogP contribution in [-0.2, 0) is 0 Å². The first-order valence-electron chi connectivity index (χ1n) is 3.57. The van der Waals surface area contributed by atoms with Crippen LogP contribution in [0.3, 0.4) is 0 Å². The van der Waals surface area contributed by atoms with Crippen LogP contribution < -0.4 is 0 Å². The molecule has 0 atom stereocenters. The second-order valence-electron chi connectivity index (χ2n) is 2.61. The standard InChI is InChI=1S/C9H4BrCl2N/c10-7-4-13-3-5-1-6(11)2-8(12)9(5)7/h1-4H. The predicted octanol–water partition coefficient (Wildman–Crippen LogP) is 4.30. The molecule has 0 saturated heterocycles. The fourth-order valence-electron chi connectivity index (χ4n) is 1.19. The van der Waals surface area contributed by atoms with Gasteiger partial charge in [0, 0.05) is 32.7 Å². The quantitative estimate of drug-likeness (QED) is 0.699. The minimum atomic E-state index is 0.623. The van der Waals surface area contributed by atoms with E-state index < -0.39 is 0 Å². The van der Waals surface area contributed by atoms with Crippen LogP contribution in [0.4, 0.5) is 0 Å². The van der Waals surface area contributed by atoms with E-state index in [-0.39, 0.29) is 0 Å². The first-order chi connectivity index (χ1) is 6.18. The van der Waals surface area contributed by atoms with Crippen LogP contribution in [0.25, 0.3) is 10.8 Å². The third-order valence-corrected chi connectivity index (χ3v) is 2.84. The molecule has 1 aromatic carbocycles. The van der Waals surface area contributed by atoms with E-state index in [9.17, 15) is 0 Å². The first kappa shape index (κ1) is 9.25. The van der Waals surface area contributed by atoms with Crippen LogP contribution in [0.1, 0.15) is 0 Å². The molecule has 1 nitrogen and oxygen atoms in total. The van der Waals surface area contributed by atoms with Crippen molar-refractivity contribution in [3.05, 3.63) is 39.0 Å². The Morgan fingerprint density at radius 1 is 1.15 bits per heavy atom. The molecule has 4 heteroatoms.